The number of nitrogens with one attached hydrogen (secondary N) is 2. The molecule has 0 atom stereocenters. The minimum absolute atomic E-state index is 0.0731. The van der Waals surface area contributed by atoms with Crippen LogP contribution in [0.15, 0.2) is 41.5 Å². The summed E-state index contributed by atoms with van der Waals surface area (Å²) in [6.07, 6.45) is 3.84. The molecule has 1 aromatic carbocycles. The number of rotatable bonds is 6. The van der Waals surface area contributed by atoms with Gasteiger partial charge in [0.25, 0.3) is 5.56 Å². The lowest BCUT2D eigenvalue weighted by Gasteiger charge is -2.11. The smallest absolute Gasteiger partial charge is 0.266 e. The lowest BCUT2D eigenvalue weighted by molar-refractivity contribution is -0.116. The molecule has 0 spiro atoms. The quantitative estimate of drug-likeness (QED) is 0.612. The van der Waals surface area contributed by atoms with E-state index in [4.69, 9.17) is 5.26 Å². The molecule has 0 radical (unpaired) electrons. The maximum Gasteiger partial charge on any atom is 0.266 e. The highest BCUT2D eigenvalue weighted by Crippen LogP contribution is 2.17. The van der Waals surface area contributed by atoms with Crippen LogP contribution in [0.2, 0.25) is 0 Å². The van der Waals surface area contributed by atoms with Crippen LogP contribution in [0.1, 0.15) is 45.0 Å². The largest absolute Gasteiger partial charge is 0.331 e. The molecule has 0 saturated carbocycles. The number of benzene rings is 1. The van der Waals surface area contributed by atoms with Crippen LogP contribution in [0.3, 0.4) is 0 Å². The fraction of sp³-hybridized carbons (Fsp3) is 0.227. The number of imidazole rings is 1. The Balaban J connectivity index is 1.65. The minimum atomic E-state index is -0.416. The van der Waals surface area contributed by atoms with Crippen molar-refractivity contribution in [1.29, 1.82) is 5.26 Å². The summed E-state index contributed by atoms with van der Waals surface area (Å²) in [6.45, 7) is 3.46. The van der Waals surface area contributed by atoms with Gasteiger partial charge in [-0.2, -0.15) is 5.26 Å². The Morgan fingerprint density at radius 2 is 1.93 bits per heavy atom. The molecule has 30 heavy (non-hydrogen) atoms. The molecule has 3 rings (SSSR count). The molecule has 0 bridgehead atoms. The summed E-state index contributed by atoms with van der Waals surface area (Å²) in [5.74, 6) is -0.0606. The van der Waals surface area contributed by atoms with Gasteiger partial charge in [-0.25, -0.2) is 4.98 Å². The Bertz CT molecular complexity index is 1210. The second-order valence-corrected chi connectivity index (χ2v) is 6.99. The SMILES string of the molecule is Cc1[nH]c(=O)c(C#N)c(C)c1CCC(=O)Nc1ccc(C(=O)c2nccn2C)cc1. The summed E-state index contributed by atoms with van der Waals surface area (Å²) < 4.78 is 1.65. The number of aromatic amines is 1. The zero-order valence-electron chi connectivity index (χ0n) is 16.9. The predicted molar refractivity (Wildman–Crippen MR) is 111 cm³/mol. The van der Waals surface area contributed by atoms with E-state index < -0.39 is 5.56 Å². The van der Waals surface area contributed by atoms with Crippen LogP contribution in [-0.2, 0) is 18.3 Å². The van der Waals surface area contributed by atoms with Gasteiger partial charge >= 0.3 is 0 Å². The third kappa shape index (κ3) is 4.20. The first-order chi connectivity index (χ1) is 14.3. The fourth-order valence-electron chi connectivity index (χ4n) is 3.30. The first-order valence-electron chi connectivity index (χ1n) is 9.36. The van der Waals surface area contributed by atoms with Crippen molar-refractivity contribution in [3.05, 3.63) is 80.8 Å². The molecule has 0 saturated heterocycles. The monoisotopic (exact) mass is 403 g/mol. The van der Waals surface area contributed by atoms with Crippen LogP contribution >= 0.6 is 0 Å². The summed E-state index contributed by atoms with van der Waals surface area (Å²) >= 11 is 0. The van der Waals surface area contributed by atoms with Gasteiger partial charge in [0.15, 0.2) is 5.82 Å². The van der Waals surface area contributed by atoms with Gasteiger partial charge in [0.2, 0.25) is 11.7 Å². The summed E-state index contributed by atoms with van der Waals surface area (Å²) in [4.78, 5) is 43.3. The molecule has 8 nitrogen and oxygen atoms in total. The standard InChI is InChI=1S/C22H21N5O3/c1-13-17(14(2)25-22(30)18(13)12-23)8-9-19(28)26-16-6-4-15(5-7-16)20(29)21-24-10-11-27(21)3/h4-7,10-11H,8-9H2,1-3H3,(H,25,30)(H,26,28). The topological polar surface area (TPSA) is 121 Å². The number of H-pyrrole nitrogens is 1. The minimum Gasteiger partial charge on any atom is -0.331 e. The Hall–Kier alpha value is -3.99. The Labute approximate surface area is 173 Å². The van der Waals surface area contributed by atoms with Crippen LogP contribution in [0.4, 0.5) is 5.69 Å². The zero-order valence-corrected chi connectivity index (χ0v) is 16.9. The number of ketones is 1. The maximum absolute atomic E-state index is 12.4. The summed E-state index contributed by atoms with van der Waals surface area (Å²) in [5, 5.41) is 11.9. The van der Waals surface area contributed by atoms with Crippen LogP contribution in [0.5, 0.6) is 0 Å². The van der Waals surface area contributed by atoms with E-state index in [2.05, 4.69) is 15.3 Å². The molecule has 2 aromatic heterocycles. The molecule has 0 aliphatic rings. The first-order valence-corrected chi connectivity index (χ1v) is 9.36. The van der Waals surface area contributed by atoms with Gasteiger partial charge in [-0.3, -0.25) is 14.4 Å². The van der Waals surface area contributed by atoms with Gasteiger partial charge in [-0.1, -0.05) is 0 Å². The van der Waals surface area contributed by atoms with Crippen molar-refractivity contribution in [2.45, 2.75) is 26.7 Å². The van der Waals surface area contributed by atoms with E-state index in [1.807, 2.05) is 6.07 Å². The molecule has 1 amide bonds. The second kappa shape index (κ2) is 8.57. The molecule has 0 aliphatic heterocycles. The second-order valence-electron chi connectivity index (χ2n) is 6.99. The maximum atomic E-state index is 12.4. The summed E-state index contributed by atoms with van der Waals surface area (Å²) in [5.41, 5.74) is 2.75. The number of hydrogen-bond acceptors (Lipinski definition) is 5. The fourth-order valence-corrected chi connectivity index (χ4v) is 3.30. The normalized spacial score (nSPS) is 10.5. The molecular weight excluding hydrogens is 382 g/mol. The van der Waals surface area contributed by atoms with E-state index in [0.29, 0.717) is 34.8 Å². The molecule has 0 fully saturated rings. The van der Waals surface area contributed by atoms with E-state index in [9.17, 15) is 14.4 Å². The van der Waals surface area contributed by atoms with Crippen molar-refractivity contribution in [3.8, 4) is 6.07 Å². The van der Waals surface area contributed by atoms with Crippen molar-refractivity contribution < 1.29 is 9.59 Å². The number of nitriles is 1. The van der Waals surface area contributed by atoms with Gasteiger partial charge in [-0.15, -0.1) is 0 Å². The number of carbonyl (C=O) groups excluding carboxylic acids is 2. The molecule has 8 heteroatoms. The van der Waals surface area contributed by atoms with Crippen molar-refractivity contribution in [1.82, 2.24) is 14.5 Å². The number of nitrogens with zero attached hydrogens (tertiary/aromatic N) is 3. The van der Waals surface area contributed by atoms with E-state index in [0.717, 1.165) is 5.56 Å². The molecular formula is C22H21N5O3. The highest BCUT2D eigenvalue weighted by Gasteiger charge is 2.15. The molecule has 2 N–H and O–H groups in total. The van der Waals surface area contributed by atoms with Crippen molar-refractivity contribution in [2.24, 2.45) is 7.05 Å². The van der Waals surface area contributed by atoms with Crippen LogP contribution < -0.4 is 10.9 Å². The van der Waals surface area contributed by atoms with E-state index in [-0.39, 0.29) is 23.7 Å². The lowest BCUT2D eigenvalue weighted by Crippen LogP contribution is -2.18. The highest BCUT2D eigenvalue weighted by molar-refractivity contribution is 6.07. The van der Waals surface area contributed by atoms with Crippen molar-refractivity contribution in [2.75, 3.05) is 5.32 Å². The van der Waals surface area contributed by atoms with E-state index >= 15 is 0 Å². The third-order valence-corrected chi connectivity index (χ3v) is 4.98. The molecule has 0 unspecified atom stereocenters. The summed E-state index contributed by atoms with van der Waals surface area (Å²) in [6, 6.07) is 8.52. The molecule has 2 heterocycles. The van der Waals surface area contributed by atoms with Gasteiger partial charge in [0, 0.05) is 42.8 Å². The molecule has 3 aromatic rings. The Morgan fingerprint density at radius 3 is 2.53 bits per heavy atom. The van der Waals surface area contributed by atoms with Crippen molar-refractivity contribution >= 4 is 17.4 Å². The third-order valence-electron chi connectivity index (χ3n) is 4.98. The van der Waals surface area contributed by atoms with Gasteiger partial charge in [0.05, 0.1) is 0 Å². The number of pyridine rings is 1. The molecule has 152 valence electrons. The highest BCUT2D eigenvalue weighted by atomic mass is 16.1. The number of amides is 1. The Kier molecular flexibility index (Phi) is 5.93. The average molecular weight is 403 g/mol. The van der Waals surface area contributed by atoms with E-state index in [1.54, 1.807) is 62.1 Å². The average Bonchev–Trinajstić information content (AvgIpc) is 3.13. The van der Waals surface area contributed by atoms with Gasteiger partial charge in [-0.05, 0) is 55.7 Å². The van der Waals surface area contributed by atoms with Gasteiger partial charge in [0.1, 0.15) is 11.6 Å². The number of aromatic nitrogens is 3. The van der Waals surface area contributed by atoms with Gasteiger partial charge < -0.3 is 14.9 Å². The van der Waals surface area contributed by atoms with Crippen LogP contribution in [0, 0.1) is 25.2 Å². The van der Waals surface area contributed by atoms with Crippen LogP contribution in [0.25, 0.3) is 0 Å². The number of hydrogen-bond donors (Lipinski definition) is 2. The van der Waals surface area contributed by atoms with Crippen molar-refractivity contribution in [3.63, 3.8) is 0 Å². The lowest BCUT2D eigenvalue weighted by atomic mass is 9.99. The number of carbonyl (C=O) groups is 2. The number of anilines is 1. The number of aryl methyl sites for hydroxylation is 2. The zero-order chi connectivity index (χ0) is 21.8. The summed E-state index contributed by atoms with van der Waals surface area (Å²) in [7, 11) is 1.75. The van der Waals surface area contributed by atoms with E-state index in [1.165, 1.54) is 0 Å². The van der Waals surface area contributed by atoms with Crippen LogP contribution in [-0.4, -0.2) is 26.2 Å². The Morgan fingerprint density at radius 1 is 1.23 bits per heavy atom. The predicted octanol–water partition coefficient (Wildman–Crippen LogP) is 2.40. The molecule has 0 aliphatic carbocycles. The first kappa shape index (κ1) is 20.7.